The van der Waals surface area contributed by atoms with Crippen LogP contribution in [0.15, 0.2) is 73.4 Å². The van der Waals surface area contributed by atoms with Gasteiger partial charge in [-0.25, -0.2) is 4.67 Å². The minimum absolute atomic E-state index is 0.313. The molecule has 0 saturated carbocycles. The molecule has 0 aromatic rings. The van der Waals surface area contributed by atoms with Crippen molar-refractivity contribution in [1.82, 2.24) is 4.67 Å². The maximum Gasteiger partial charge on any atom is 0.259 e. The van der Waals surface area contributed by atoms with Gasteiger partial charge in [0.1, 0.15) is 0 Å². The lowest BCUT2D eigenvalue weighted by molar-refractivity contribution is 0.192. The first-order chi connectivity index (χ1) is 11.9. The molecule has 25 heavy (non-hydrogen) atoms. The van der Waals surface area contributed by atoms with Crippen LogP contribution in [-0.2, 0) is 9.05 Å². The van der Waals surface area contributed by atoms with E-state index in [-0.39, 0.29) is 0 Å². The van der Waals surface area contributed by atoms with Gasteiger partial charge in [-0.15, -0.1) is 0 Å². The monoisotopic (exact) mass is 363 g/mol. The molecule has 0 aliphatic rings. The van der Waals surface area contributed by atoms with Gasteiger partial charge in [-0.3, -0.25) is 0 Å². The Labute approximate surface area is 156 Å². The molecule has 0 fully saturated rings. The van der Waals surface area contributed by atoms with Crippen LogP contribution in [0, 0.1) is 0 Å². The third-order valence-electron chi connectivity index (χ3n) is 3.29. The van der Waals surface area contributed by atoms with E-state index in [1.807, 2.05) is 37.3 Å². The summed E-state index contributed by atoms with van der Waals surface area (Å²) in [5.74, 6) is 0. The van der Waals surface area contributed by atoms with Gasteiger partial charge in [-0.05, 0) is 45.8 Å². The summed E-state index contributed by atoms with van der Waals surface area (Å²) in [7, 11) is -1.21. The molecule has 0 saturated heterocycles. The predicted molar refractivity (Wildman–Crippen MR) is 113 cm³/mol. The van der Waals surface area contributed by atoms with Crippen LogP contribution in [0.5, 0.6) is 0 Å². The second-order valence-electron chi connectivity index (χ2n) is 6.01. The average molecular weight is 363 g/mol. The molecular weight excluding hydrogens is 329 g/mol. The number of hydrogen-bond donors (Lipinski definition) is 0. The standard InChI is InChI=1S/C21H34NO2P/c1-9-13-15-21(12-4)17-24-25(22(18(5)6)19(7)8)23-16-20(11-3)14-10-2/h9-15,18-19H,2-4,16-17H2,1,5-8H3/b13-9-,20-14+,21-15+. The molecule has 0 aromatic carbocycles. The van der Waals surface area contributed by atoms with Gasteiger partial charge in [0.2, 0.25) is 0 Å². The quantitative estimate of drug-likeness (QED) is 0.281. The van der Waals surface area contributed by atoms with Crippen LogP contribution in [-0.4, -0.2) is 30.0 Å². The third-order valence-corrected chi connectivity index (χ3v) is 5.29. The summed E-state index contributed by atoms with van der Waals surface area (Å²) in [5, 5.41) is 0. The lowest BCUT2D eigenvalue weighted by Gasteiger charge is -2.35. The topological polar surface area (TPSA) is 21.7 Å². The second kappa shape index (κ2) is 14.0. The molecule has 0 amide bonds. The molecule has 0 N–H and O–H groups in total. The number of allylic oxidation sites excluding steroid dienone is 5. The first-order valence-electron chi connectivity index (χ1n) is 8.63. The van der Waals surface area contributed by atoms with Crippen LogP contribution in [0.2, 0.25) is 0 Å². The molecule has 140 valence electrons. The van der Waals surface area contributed by atoms with Crippen molar-refractivity contribution >= 4 is 8.53 Å². The van der Waals surface area contributed by atoms with Crippen LogP contribution in [0.4, 0.5) is 0 Å². The molecule has 3 nitrogen and oxygen atoms in total. The molecule has 0 aliphatic carbocycles. The maximum absolute atomic E-state index is 6.16. The van der Waals surface area contributed by atoms with Gasteiger partial charge in [0.25, 0.3) is 8.53 Å². The van der Waals surface area contributed by atoms with Gasteiger partial charge in [0, 0.05) is 12.1 Å². The second-order valence-corrected chi connectivity index (χ2v) is 7.46. The van der Waals surface area contributed by atoms with Crippen molar-refractivity contribution in [2.24, 2.45) is 0 Å². The van der Waals surface area contributed by atoms with Crippen molar-refractivity contribution in [2.75, 3.05) is 13.2 Å². The fraction of sp³-hybridized carbons (Fsp3) is 0.429. The van der Waals surface area contributed by atoms with Crippen LogP contribution >= 0.6 is 8.53 Å². The molecule has 0 radical (unpaired) electrons. The summed E-state index contributed by atoms with van der Waals surface area (Å²) in [6.07, 6.45) is 13.2. The zero-order chi connectivity index (χ0) is 19.2. The van der Waals surface area contributed by atoms with Crippen molar-refractivity contribution in [3.63, 3.8) is 0 Å². The minimum atomic E-state index is -1.21. The van der Waals surface area contributed by atoms with Crippen LogP contribution in [0.3, 0.4) is 0 Å². The zero-order valence-corrected chi connectivity index (χ0v) is 17.3. The van der Waals surface area contributed by atoms with E-state index in [0.29, 0.717) is 25.3 Å². The van der Waals surface area contributed by atoms with Gasteiger partial charge in [-0.1, -0.05) is 62.3 Å². The Kier molecular flexibility index (Phi) is 13.3. The van der Waals surface area contributed by atoms with Crippen molar-refractivity contribution in [3.05, 3.63) is 73.4 Å². The van der Waals surface area contributed by atoms with E-state index in [9.17, 15) is 0 Å². The van der Waals surface area contributed by atoms with Gasteiger partial charge < -0.3 is 9.05 Å². The van der Waals surface area contributed by atoms with E-state index in [1.165, 1.54) is 0 Å². The van der Waals surface area contributed by atoms with Crippen molar-refractivity contribution in [2.45, 2.75) is 46.7 Å². The van der Waals surface area contributed by atoms with E-state index < -0.39 is 8.53 Å². The number of nitrogens with zero attached hydrogens (tertiary/aromatic N) is 1. The Morgan fingerprint density at radius 1 is 0.920 bits per heavy atom. The van der Waals surface area contributed by atoms with Crippen LogP contribution in [0.1, 0.15) is 34.6 Å². The largest absolute Gasteiger partial charge is 0.317 e. The lowest BCUT2D eigenvalue weighted by atomic mass is 10.2. The summed E-state index contributed by atoms with van der Waals surface area (Å²) in [5.41, 5.74) is 2.00. The van der Waals surface area contributed by atoms with Gasteiger partial charge in [-0.2, -0.15) is 0 Å². The van der Waals surface area contributed by atoms with Crippen molar-refractivity contribution < 1.29 is 9.05 Å². The third kappa shape index (κ3) is 9.72. The summed E-state index contributed by atoms with van der Waals surface area (Å²) >= 11 is 0. The predicted octanol–water partition coefficient (Wildman–Crippen LogP) is 6.35. The smallest absolute Gasteiger partial charge is 0.259 e. The fourth-order valence-electron chi connectivity index (χ4n) is 2.12. The van der Waals surface area contributed by atoms with Crippen LogP contribution < -0.4 is 0 Å². The first-order valence-corrected chi connectivity index (χ1v) is 9.76. The molecule has 1 unspecified atom stereocenters. The minimum Gasteiger partial charge on any atom is -0.317 e. The molecule has 0 bridgehead atoms. The molecule has 0 spiro atoms. The van der Waals surface area contributed by atoms with Gasteiger partial charge in [0.15, 0.2) is 0 Å². The number of hydrogen-bond acceptors (Lipinski definition) is 3. The first kappa shape index (κ1) is 23.8. The normalized spacial score (nSPS) is 14.6. The SMILES string of the molecule is C=C/C=C(\C=C)COP(OC/C(C=C)=C/C=C\C)N(C(C)C)C(C)C. The fourth-order valence-corrected chi connectivity index (χ4v) is 3.74. The average Bonchev–Trinajstić information content (AvgIpc) is 2.57. The molecule has 0 rings (SSSR count). The van der Waals surface area contributed by atoms with E-state index >= 15 is 0 Å². The Morgan fingerprint density at radius 2 is 1.40 bits per heavy atom. The molecule has 0 aromatic heterocycles. The van der Waals surface area contributed by atoms with Gasteiger partial charge >= 0.3 is 0 Å². The molecule has 1 atom stereocenters. The molecule has 0 heterocycles. The Hall–Kier alpha value is -1.25. The summed E-state index contributed by atoms with van der Waals surface area (Å²) in [6.45, 7) is 22.9. The number of rotatable bonds is 13. The van der Waals surface area contributed by atoms with Crippen molar-refractivity contribution in [1.29, 1.82) is 0 Å². The Balaban J connectivity index is 5.23. The van der Waals surface area contributed by atoms with Gasteiger partial charge in [0.05, 0.1) is 13.2 Å². The summed E-state index contributed by atoms with van der Waals surface area (Å²) in [4.78, 5) is 0. The lowest BCUT2D eigenvalue weighted by Crippen LogP contribution is -2.33. The zero-order valence-electron chi connectivity index (χ0n) is 16.4. The summed E-state index contributed by atoms with van der Waals surface area (Å²) < 4.78 is 14.6. The van der Waals surface area contributed by atoms with E-state index in [1.54, 1.807) is 12.2 Å². The van der Waals surface area contributed by atoms with E-state index in [0.717, 1.165) is 11.1 Å². The maximum atomic E-state index is 6.16. The van der Waals surface area contributed by atoms with Crippen LogP contribution in [0.25, 0.3) is 0 Å². The highest BCUT2D eigenvalue weighted by molar-refractivity contribution is 7.44. The Morgan fingerprint density at radius 3 is 1.76 bits per heavy atom. The van der Waals surface area contributed by atoms with E-state index in [2.05, 4.69) is 52.1 Å². The van der Waals surface area contributed by atoms with Crippen molar-refractivity contribution in [3.8, 4) is 0 Å². The summed E-state index contributed by atoms with van der Waals surface area (Å²) in [6, 6.07) is 0.627. The molecular formula is C21H34NO2P. The highest BCUT2D eigenvalue weighted by Crippen LogP contribution is 2.46. The Bertz CT molecular complexity index is 496. The highest BCUT2D eigenvalue weighted by atomic mass is 31.2. The molecule has 0 aliphatic heterocycles. The molecule has 4 heteroatoms. The van der Waals surface area contributed by atoms with E-state index in [4.69, 9.17) is 9.05 Å². The highest BCUT2D eigenvalue weighted by Gasteiger charge is 2.27.